The molecule has 0 aromatic heterocycles. The SMILES string of the molecule is CC(C)(C)[S@](=O)N=Cc1ccc(Cl)c(O[Si](C)(C)C(C)(C)C)c1F. The van der Waals surface area contributed by atoms with Crippen LogP contribution in [0.2, 0.25) is 23.2 Å². The van der Waals surface area contributed by atoms with Crippen molar-refractivity contribution < 1.29 is 13.0 Å². The van der Waals surface area contributed by atoms with Gasteiger partial charge in [-0.3, -0.25) is 0 Å². The van der Waals surface area contributed by atoms with Crippen LogP contribution in [0.4, 0.5) is 4.39 Å². The lowest BCUT2D eigenvalue weighted by Crippen LogP contribution is -2.44. The van der Waals surface area contributed by atoms with Crippen LogP contribution in [0.5, 0.6) is 5.75 Å². The van der Waals surface area contributed by atoms with Gasteiger partial charge in [-0.25, -0.2) is 8.60 Å². The fourth-order valence-electron chi connectivity index (χ4n) is 1.41. The monoisotopic (exact) mass is 391 g/mol. The van der Waals surface area contributed by atoms with Crippen LogP contribution in [-0.2, 0) is 11.0 Å². The summed E-state index contributed by atoms with van der Waals surface area (Å²) in [6.45, 7) is 15.7. The van der Waals surface area contributed by atoms with Gasteiger partial charge in [-0.15, -0.1) is 0 Å². The first-order valence-electron chi connectivity index (χ1n) is 7.80. The first kappa shape index (κ1) is 21.3. The molecule has 1 rings (SSSR count). The Balaban J connectivity index is 3.23. The molecule has 1 aromatic rings. The van der Waals surface area contributed by atoms with Crippen LogP contribution in [0.25, 0.3) is 0 Å². The Kier molecular flexibility index (Phi) is 6.45. The highest BCUT2D eigenvalue weighted by Crippen LogP contribution is 2.40. The van der Waals surface area contributed by atoms with Crippen molar-refractivity contribution in [1.29, 1.82) is 0 Å². The van der Waals surface area contributed by atoms with Gasteiger partial charge in [0.05, 0.1) is 9.77 Å². The summed E-state index contributed by atoms with van der Waals surface area (Å²) in [6, 6.07) is 3.09. The van der Waals surface area contributed by atoms with E-state index in [1.54, 1.807) is 6.07 Å². The van der Waals surface area contributed by atoms with E-state index in [9.17, 15) is 8.60 Å². The van der Waals surface area contributed by atoms with Gasteiger partial charge in [-0.05, 0) is 51.0 Å². The Morgan fingerprint density at radius 3 is 2.21 bits per heavy atom. The summed E-state index contributed by atoms with van der Waals surface area (Å²) >= 11 is 6.15. The normalized spacial score (nSPS) is 14.9. The summed E-state index contributed by atoms with van der Waals surface area (Å²) in [5.41, 5.74) is 0.214. The van der Waals surface area contributed by atoms with Crippen molar-refractivity contribution in [1.82, 2.24) is 0 Å². The van der Waals surface area contributed by atoms with E-state index in [0.29, 0.717) is 0 Å². The summed E-state index contributed by atoms with van der Waals surface area (Å²) < 4.78 is 36.3. The van der Waals surface area contributed by atoms with Gasteiger partial charge >= 0.3 is 0 Å². The van der Waals surface area contributed by atoms with Gasteiger partial charge in [0.1, 0.15) is 11.0 Å². The highest BCUT2D eigenvalue weighted by atomic mass is 35.5. The van der Waals surface area contributed by atoms with Crippen molar-refractivity contribution >= 4 is 37.1 Å². The molecular formula is C17H27ClFNO2SSi. The summed E-state index contributed by atoms with van der Waals surface area (Å²) in [5, 5.41) is 0.145. The van der Waals surface area contributed by atoms with Crippen LogP contribution >= 0.6 is 11.6 Å². The van der Waals surface area contributed by atoms with E-state index in [1.165, 1.54) is 12.3 Å². The molecule has 1 atom stereocenters. The van der Waals surface area contributed by atoms with Gasteiger partial charge in [0.2, 0.25) is 0 Å². The maximum Gasteiger partial charge on any atom is 0.250 e. The van der Waals surface area contributed by atoms with Gasteiger partial charge in [0, 0.05) is 11.8 Å². The van der Waals surface area contributed by atoms with Gasteiger partial charge in [0.25, 0.3) is 8.32 Å². The molecular weight excluding hydrogens is 365 g/mol. The minimum Gasteiger partial charge on any atom is -0.541 e. The summed E-state index contributed by atoms with van der Waals surface area (Å²) in [5.74, 6) is -0.518. The molecule has 0 fully saturated rings. The molecule has 0 saturated heterocycles. The Morgan fingerprint density at radius 1 is 1.21 bits per heavy atom. The van der Waals surface area contributed by atoms with E-state index in [2.05, 4.69) is 25.2 Å². The molecule has 0 aliphatic carbocycles. The molecule has 7 heteroatoms. The van der Waals surface area contributed by atoms with Crippen LogP contribution < -0.4 is 4.43 Å². The lowest BCUT2D eigenvalue weighted by molar-refractivity contribution is 0.457. The van der Waals surface area contributed by atoms with Gasteiger partial charge in [0.15, 0.2) is 11.6 Å². The largest absolute Gasteiger partial charge is 0.541 e. The van der Waals surface area contributed by atoms with Crippen molar-refractivity contribution in [2.45, 2.75) is 64.4 Å². The molecule has 1 aromatic carbocycles. The fourth-order valence-corrected chi connectivity index (χ4v) is 3.20. The van der Waals surface area contributed by atoms with Crippen LogP contribution in [0, 0.1) is 5.82 Å². The molecule has 24 heavy (non-hydrogen) atoms. The van der Waals surface area contributed by atoms with E-state index >= 15 is 0 Å². The molecule has 0 spiro atoms. The maximum atomic E-state index is 14.8. The predicted molar refractivity (Wildman–Crippen MR) is 105 cm³/mol. The smallest absolute Gasteiger partial charge is 0.250 e. The van der Waals surface area contributed by atoms with Crippen LogP contribution in [0.1, 0.15) is 47.1 Å². The molecule has 0 saturated carbocycles. The lowest BCUT2D eigenvalue weighted by Gasteiger charge is -2.36. The quantitative estimate of drug-likeness (QED) is 0.484. The van der Waals surface area contributed by atoms with Crippen LogP contribution in [0.15, 0.2) is 16.5 Å². The van der Waals surface area contributed by atoms with E-state index in [1.807, 2.05) is 33.9 Å². The Hall–Kier alpha value is -0.723. The number of halogens is 2. The van der Waals surface area contributed by atoms with Gasteiger partial charge < -0.3 is 4.43 Å². The van der Waals surface area contributed by atoms with Gasteiger partial charge in [-0.1, -0.05) is 32.4 Å². The molecule has 3 nitrogen and oxygen atoms in total. The molecule has 0 bridgehead atoms. The second-order valence-electron chi connectivity index (χ2n) is 8.24. The summed E-state index contributed by atoms with van der Waals surface area (Å²) in [6.07, 6.45) is 1.28. The highest BCUT2D eigenvalue weighted by Gasteiger charge is 2.40. The number of hydrogen-bond donors (Lipinski definition) is 0. The Morgan fingerprint density at radius 2 is 1.75 bits per heavy atom. The number of benzene rings is 1. The highest BCUT2D eigenvalue weighted by molar-refractivity contribution is 7.85. The zero-order valence-electron chi connectivity index (χ0n) is 15.7. The minimum absolute atomic E-state index is 0.0498. The predicted octanol–water partition coefficient (Wildman–Crippen LogP) is 5.74. The minimum atomic E-state index is -2.24. The van der Waals surface area contributed by atoms with Crippen molar-refractivity contribution in [2.24, 2.45) is 4.40 Å². The first-order valence-corrected chi connectivity index (χ1v) is 12.2. The van der Waals surface area contributed by atoms with Crippen LogP contribution in [-0.4, -0.2) is 23.5 Å². The van der Waals surface area contributed by atoms with E-state index in [4.69, 9.17) is 16.0 Å². The second-order valence-corrected chi connectivity index (χ2v) is 15.3. The molecule has 0 amide bonds. The Bertz CT molecular complexity index is 664. The molecule has 0 N–H and O–H groups in total. The van der Waals surface area contributed by atoms with Crippen molar-refractivity contribution in [3.05, 3.63) is 28.5 Å². The standard InChI is InChI=1S/C17H27ClFNO2SSi/c1-16(2,3)23(21)20-11-12-9-10-13(18)15(14(12)19)22-24(7,8)17(4,5)6/h9-11H,1-8H3/t23-/m0/s1. The molecule has 0 heterocycles. The number of rotatable bonds is 4. The molecule has 0 unspecified atom stereocenters. The summed E-state index contributed by atoms with van der Waals surface area (Å²) in [4.78, 5) is 0. The maximum absolute atomic E-state index is 14.8. The number of nitrogens with zero attached hydrogens (tertiary/aromatic N) is 1. The molecule has 0 aliphatic heterocycles. The fraction of sp³-hybridized carbons (Fsp3) is 0.588. The Labute approximate surface area is 153 Å². The second kappa shape index (κ2) is 7.26. The zero-order valence-corrected chi connectivity index (χ0v) is 18.2. The number of hydrogen-bond acceptors (Lipinski definition) is 2. The third-order valence-corrected chi connectivity index (χ3v) is 10.0. The third-order valence-electron chi connectivity index (χ3n) is 4.05. The average Bonchev–Trinajstić information content (AvgIpc) is 2.40. The van der Waals surface area contributed by atoms with Crippen molar-refractivity contribution in [2.75, 3.05) is 0 Å². The average molecular weight is 392 g/mol. The van der Waals surface area contributed by atoms with E-state index in [-0.39, 0.29) is 21.4 Å². The topological polar surface area (TPSA) is 38.7 Å². The third kappa shape index (κ3) is 5.13. The lowest BCUT2D eigenvalue weighted by atomic mass is 10.2. The zero-order chi connectivity index (χ0) is 18.9. The molecule has 0 aliphatic rings. The molecule has 0 radical (unpaired) electrons. The van der Waals surface area contributed by atoms with E-state index < -0.39 is 29.9 Å². The van der Waals surface area contributed by atoms with Crippen molar-refractivity contribution in [3.8, 4) is 5.75 Å². The first-order chi connectivity index (χ1) is 10.7. The van der Waals surface area contributed by atoms with Crippen molar-refractivity contribution in [3.63, 3.8) is 0 Å². The molecule has 136 valence electrons. The van der Waals surface area contributed by atoms with E-state index in [0.717, 1.165) is 0 Å². The van der Waals surface area contributed by atoms with Gasteiger partial charge in [-0.2, -0.15) is 4.40 Å². The summed E-state index contributed by atoms with van der Waals surface area (Å²) in [7, 11) is -3.69. The van der Waals surface area contributed by atoms with Crippen LogP contribution in [0.3, 0.4) is 0 Å².